The first-order valence-electron chi connectivity index (χ1n) is 7.44. The average Bonchev–Trinajstić information content (AvgIpc) is 3.03. The number of nitrogens with zero attached hydrogens (tertiary/aromatic N) is 4. The second-order valence-corrected chi connectivity index (χ2v) is 6.17. The smallest absolute Gasteiger partial charge is 0.277 e. The van der Waals surface area contributed by atoms with Crippen molar-refractivity contribution in [2.75, 3.05) is 5.32 Å². The molecule has 1 aromatic carbocycles. The van der Waals surface area contributed by atoms with Gasteiger partial charge in [0.15, 0.2) is 0 Å². The standard InChI is InChI=1S/C14H15N5O5S/c1-3-8(4-2)13-16-17-14(25-13)15-12(20)9-5-10(18(21)22)7-11(6-9)19(23)24/h5-8H,3-4H2,1-2H3,(H,15,17,20). The van der Waals surface area contributed by atoms with Crippen LogP contribution in [-0.4, -0.2) is 26.0 Å². The van der Waals surface area contributed by atoms with Crippen molar-refractivity contribution in [2.24, 2.45) is 0 Å². The monoisotopic (exact) mass is 365 g/mol. The highest BCUT2D eigenvalue weighted by atomic mass is 32.1. The van der Waals surface area contributed by atoms with E-state index in [0.717, 1.165) is 36.0 Å². The van der Waals surface area contributed by atoms with Gasteiger partial charge in [0.25, 0.3) is 17.3 Å². The van der Waals surface area contributed by atoms with Crippen LogP contribution >= 0.6 is 11.3 Å². The van der Waals surface area contributed by atoms with Crippen LogP contribution < -0.4 is 5.32 Å². The van der Waals surface area contributed by atoms with Crippen LogP contribution in [0.15, 0.2) is 18.2 Å². The topological polar surface area (TPSA) is 141 Å². The van der Waals surface area contributed by atoms with Crippen LogP contribution in [0, 0.1) is 20.2 Å². The van der Waals surface area contributed by atoms with Crippen LogP contribution in [0.25, 0.3) is 0 Å². The number of carbonyl (C=O) groups excluding carboxylic acids is 1. The Bertz CT molecular complexity index is 785. The van der Waals surface area contributed by atoms with E-state index in [4.69, 9.17) is 0 Å². The summed E-state index contributed by atoms with van der Waals surface area (Å²) in [6.45, 7) is 4.05. The molecule has 0 unspecified atom stereocenters. The number of anilines is 1. The Morgan fingerprint density at radius 1 is 1.12 bits per heavy atom. The number of rotatable bonds is 7. The second-order valence-electron chi connectivity index (χ2n) is 5.17. The lowest BCUT2D eigenvalue weighted by Crippen LogP contribution is -2.12. The van der Waals surface area contributed by atoms with Gasteiger partial charge in [-0.3, -0.25) is 30.3 Å². The maximum absolute atomic E-state index is 12.3. The lowest BCUT2D eigenvalue weighted by Gasteiger charge is -2.05. The zero-order valence-electron chi connectivity index (χ0n) is 13.5. The molecule has 0 saturated heterocycles. The van der Waals surface area contributed by atoms with Crippen LogP contribution in [0.4, 0.5) is 16.5 Å². The average molecular weight is 365 g/mol. The van der Waals surface area contributed by atoms with E-state index < -0.39 is 27.1 Å². The SMILES string of the molecule is CCC(CC)c1nnc(NC(=O)c2cc([N+](=O)[O-])cc([N+](=O)[O-])c2)s1. The summed E-state index contributed by atoms with van der Waals surface area (Å²) < 4.78 is 0. The molecule has 1 aromatic heterocycles. The summed E-state index contributed by atoms with van der Waals surface area (Å²) in [6.07, 6.45) is 1.77. The zero-order valence-corrected chi connectivity index (χ0v) is 14.3. The van der Waals surface area contributed by atoms with Crippen LogP contribution in [0.5, 0.6) is 0 Å². The van der Waals surface area contributed by atoms with Gasteiger partial charge in [-0.2, -0.15) is 0 Å². The van der Waals surface area contributed by atoms with Crippen LogP contribution in [0.1, 0.15) is 48.0 Å². The Morgan fingerprint density at radius 3 is 2.16 bits per heavy atom. The van der Waals surface area contributed by atoms with Crippen molar-refractivity contribution < 1.29 is 14.6 Å². The molecule has 0 aliphatic rings. The lowest BCUT2D eigenvalue weighted by atomic mass is 10.1. The van der Waals surface area contributed by atoms with E-state index in [2.05, 4.69) is 15.5 Å². The van der Waals surface area contributed by atoms with Gasteiger partial charge in [-0.15, -0.1) is 10.2 Å². The first-order chi connectivity index (χ1) is 11.8. The highest BCUT2D eigenvalue weighted by molar-refractivity contribution is 7.15. The molecular weight excluding hydrogens is 350 g/mol. The van der Waals surface area contributed by atoms with Gasteiger partial charge in [0, 0.05) is 18.1 Å². The Kier molecular flexibility index (Phi) is 5.70. The Balaban J connectivity index is 2.26. The Labute approximate surface area is 146 Å². The third kappa shape index (κ3) is 4.32. The molecule has 1 amide bonds. The number of nitro benzene ring substituents is 2. The Morgan fingerprint density at radius 2 is 1.68 bits per heavy atom. The van der Waals surface area contributed by atoms with Crippen LogP contribution in [-0.2, 0) is 0 Å². The molecule has 0 aliphatic heterocycles. The van der Waals surface area contributed by atoms with Crippen LogP contribution in [0.3, 0.4) is 0 Å². The third-order valence-corrected chi connectivity index (χ3v) is 4.58. The molecule has 0 atom stereocenters. The number of carbonyl (C=O) groups is 1. The number of benzene rings is 1. The molecular formula is C14H15N5O5S. The third-order valence-electron chi connectivity index (χ3n) is 3.58. The van der Waals surface area contributed by atoms with Crippen molar-refractivity contribution in [3.8, 4) is 0 Å². The summed E-state index contributed by atoms with van der Waals surface area (Å²) in [4.78, 5) is 32.4. The Hall–Kier alpha value is -2.95. The molecule has 1 N–H and O–H groups in total. The molecule has 0 spiro atoms. The molecule has 0 fully saturated rings. The van der Waals surface area contributed by atoms with Gasteiger partial charge < -0.3 is 0 Å². The quantitative estimate of drug-likeness (QED) is 0.584. The maximum Gasteiger partial charge on any atom is 0.277 e. The summed E-state index contributed by atoms with van der Waals surface area (Å²) in [7, 11) is 0. The van der Waals surface area contributed by atoms with E-state index in [0.29, 0.717) is 0 Å². The number of amides is 1. The van der Waals surface area contributed by atoms with Gasteiger partial charge >= 0.3 is 0 Å². The molecule has 2 aromatic rings. The predicted molar refractivity (Wildman–Crippen MR) is 90.9 cm³/mol. The van der Waals surface area contributed by atoms with Gasteiger partial charge in [-0.25, -0.2) is 0 Å². The number of hydrogen-bond donors (Lipinski definition) is 1. The molecule has 1 heterocycles. The van der Waals surface area contributed by atoms with E-state index in [1.807, 2.05) is 13.8 Å². The van der Waals surface area contributed by atoms with Gasteiger partial charge in [0.2, 0.25) is 5.13 Å². The molecule has 25 heavy (non-hydrogen) atoms. The second kappa shape index (κ2) is 7.75. The fourth-order valence-electron chi connectivity index (χ4n) is 2.19. The van der Waals surface area contributed by atoms with Crippen molar-refractivity contribution in [3.63, 3.8) is 0 Å². The van der Waals surface area contributed by atoms with Gasteiger partial charge in [-0.05, 0) is 12.8 Å². The number of aromatic nitrogens is 2. The molecule has 0 radical (unpaired) electrons. The van der Waals surface area contributed by atoms with E-state index in [-0.39, 0.29) is 16.6 Å². The number of nitrogens with one attached hydrogen (secondary N) is 1. The fourth-order valence-corrected chi connectivity index (χ4v) is 3.20. The van der Waals surface area contributed by atoms with Gasteiger partial charge in [0.1, 0.15) is 5.01 Å². The van der Waals surface area contributed by atoms with Gasteiger partial charge in [-0.1, -0.05) is 25.2 Å². The van der Waals surface area contributed by atoms with E-state index >= 15 is 0 Å². The number of hydrogen-bond acceptors (Lipinski definition) is 8. The highest BCUT2D eigenvalue weighted by Crippen LogP contribution is 2.29. The van der Waals surface area contributed by atoms with Crippen molar-refractivity contribution >= 4 is 33.8 Å². The minimum Gasteiger partial charge on any atom is -0.296 e. The molecule has 0 bridgehead atoms. The van der Waals surface area contributed by atoms with Crippen molar-refractivity contribution in [1.82, 2.24) is 10.2 Å². The van der Waals surface area contributed by atoms with E-state index in [1.165, 1.54) is 11.3 Å². The van der Waals surface area contributed by atoms with Crippen molar-refractivity contribution in [3.05, 3.63) is 49.0 Å². The molecule has 2 rings (SSSR count). The number of nitro groups is 2. The summed E-state index contributed by atoms with van der Waals surface area (Å²) in [6, 6.07) is 2.75. The first-order valence-corrected chi connectivity index (χ1v) is 8.26. The normalized spacial score (nSPS) is 10.7. The lowest BCUT2D eigenvalue weighted by molar-refractivity contribution is -0.394. The zero-order chi connectivity index (χ0) is 18.6. The fraction of sp³-hybridized carbons (Fsp3) is 0.357. The molecule has 0 aliphatic carbocycles. The molecule has 10 nitrogen and oxygen atoms in total. The van der Waals surface area contributed by atoms with Crippen LogP contribution in [0.2, 0.25) is 0 Å². The maximum atomic E-state index is 12.3. The summed E-state index contributed by atoms with van der Waals surface area (Å²) in [5.74, 6) is -0.485. The minimum atomic E-state index is -0.792. The summed E-state index contributed by atoms with van der Waals surface area (Å²) in [5, 5.41) is 33.2. The summed E-state index contributed by atoms with van der Waals surface area (Å²) >= 11 is 1.21. The highest BCUT2D eigenvalue weighted by Gasteiger charge is 2.21. The number of non-ortho nitro benzene ring substituents is 2. The van der Waals surface area contributed by atoms with E-state index in [1.54, 1.807) is 0 Å². The van der Waals surface area contributed by atoms with Crippen molar-refractivity contribution in [1.29, 1.82) is 0 Å². The van der Waals surface area contributed by atoms with E-state index in [9.17, 15) is 25.0 Å². The minimum absolute atomic E-state index is 0.194. The van der Waals surface area contributed by atoms with Crippen molar-refractivity contribution in [2.45, 2.75) is 32.6 Å². The molecule has 132 valence electrons. The summed E-state index contributed by atoms with van der Waals surface area (Å²) in [5.41, 5.74) is -1.26. The first kappa shape index (κ1) is 18.4. The van der Waals surface area contributed by atoms with Gasteiger partial charge in [0.05, 0.1) is 21.5 Å². The molecule has 0 saturated carbocycles. The molecule has 11 heteroatoms. The predicted octanol–water partition coefficient (Wildman–Crippen LogP) is 3.51. The largest absolute Gasteiger partial charge is 0.296 e.